The van der Waals surface area contributed by atoms with Crippen LogP contribution >= 0.6 is 15.6 Å². The van der Waals surface area contributed by atoms with Gasteiger partial charge in [0.05, 0.1) is 6.61 Å². The number of hydrogen-bond acceptors (Lipinski definition) is 14. The Morgan fingerprint density at radius 3 is 1.49 bits per heavy atom. The zero-order valence-corrected chi connectivity index (χ0v) is 35.6. The van der Waals surface area contributed by atoms with Gasteiger partial charge in [-0.05, 0) is 89.3 Å². The van der Waals surface area contributed by atoms with E-state index in [2.05, 4.69) is 94.3 Å². The molecule has 1 aliphatic carbocycles. The van der Waals surface area contributed by atoms with Crippen molar-refractivity contribution in [1.82, 2.24) is 6.15 Å². The number of esters is 2. The van der Waals surface area contributed by atoms with Gasteiger partial charge in [-0.15, -0.1) is 6.42 Å². The van der Waals surface area contributed by atoms with Crippen LogP contribution in [0.15, 0.2) is 0 Å². The van der Waals surface area contributed by atoms with Crippen LogP contribution in [0.1, 0.15) is 118 Å². The fourth-order valence-corrected chi connectivity index (χ4v) is 6.81. The Labute approximate surface area is 380 Å². The first-order valence-electron chi connectivity index (χ1n) is 19.1. The summed E-state index contributed by atoms with van der Waals surface area (Å²) in [6.45, 7) is 0.497. The van der Waals surface area contributed by atoms with Gasteiger partial charge in [-0.2, -0.15) is 0 Å². The van der Waals surface area contributed by atoms with Gasteiger partial charge >= 0.3 is 27.6 Å². The Morgan fingerprint density at radius 2 is 1.03 bits per heavy atom. The van der Waals surface area contributed by atoms with E-state index in [0.717, 1.165) is 32.1 Å². The monoisotopic (exact) mass is 920 g/mol. The van der Waals surface area contributed by atoms with Crippen LogP contribution in [-0.2, 0) is 41.8 Å². The zero-order valence-electron chi connectivity index (χ0n) is 33.8. The zero-order chi connectivity index (χ0) is 44.7. The Bertz CT molecular complexity index is 2040. The number of unbranched alkanes of at least 4 members (excludes halogenated alkanes) is 12. The summed E-state index contributed by atoms with van der Waals surface area (Å²) < 4.78 is 48.5. The quantitative estimate of drug-likeness (QED) is 0.0185. The molecule has 0 saturated heterocycles. The second-order valence-electron chi connectivity index (χ2n) is 13.0. The smallest absolute Gasteiger partial charge is 0.456 e. The van der Waals surface area contributed by atoms with Crippen molar-refractivity contribution in [3.8, 4) is 95.2 Å². The molecule has 0 aliphatic heterocycles. The van der Waals surface area contributed by atoms with Gasteiger partial charge in [0, 0.05) is 33.7 Å². The minimum atomic E-state index is -5.40. The minimum Gasteiger partial charge on any atom is -0.456 e. The van der Waals surface area contributed by atoms with E-state index >= 15 is 0 Å². The number of terminal acetylenes is 1. The van der Waals surface area contributed by atoms with Gasteiger partial charge in [-0.25, -0.2) is 13.9 Å². The van der Waals surface area contributed by atoms with Crippen LogP contribution in [0.5, 0.6) is 0 Å². The van der Waals surface area contributed by atoms with Gasteiger partial charge in [-0.1, -0.05) is 84.0 Å². The summed E-state index contributed by atoms with van der Waals surface area (Å²) in [4.78, 5) is 53.6. The lowest BCUT2D eigenvalue weighted by atomic mass is 9.85. The number of rotatable bonds is 24. The van der Waals surface area contributed by atoms with Crippen molar-refractivity contribution in [3.05, 3.63) is 0 Å². The fourth-order valence-electron chi connectivity index (χ4n) is 5.27. The predicted molar refractivity (Wildman–Crippen MR) is 253 cm³/mol. The van der Waals surface area contributed by atoms with E-state index in [1.54, 1.807) is 0 Å². The van der Waals surface area contributed by atoms with Gasteiger partial charge in [0.15, 0.2) is 6.10 Å². The van der Waals surface area contributed by atoms with Crippen molar-refractivity contribution in [2.24, 2.45) is 0 Å². The third kappa shape index (κ3) is 27.8. The van der Waals surface area contributed by atoms with Crippen molar-refractivity contribution in [3.63, 3.8) is 0 Å². The molecule has 1 rings (SSSR count). The molecule has 0 amide bonds. The topological polar surface area (TPSA) is 291 Å². The van der Waals surface area contributed by atoms with Crippen molar-refractivity contribution >= 4 is 27.6 Å². The highest BCUT2D eigenvalue weighted by Crippen LogP contribution is 2.49. The molecule has 0 heterocycles. The lowest BCUT2D eigenvalue weighted by Gasteiger charge is -2.43. The molecule has 0 spiro atoms. The number of carbonyl (C=O) groups is 2. The van der Waals surface area contributed by atoms with Gasteiger partial charge < -0.3 is 50.7 Å². The molecule has 0 radical (unpaired) electrons. The van der Waals surface area contributed by atoms with Crippen LogP contribution in [0.4, 0.5) is 0 Å². The first-order chi connectivity index (χ1) is 28.6. The third-order valence-corrected chi connectivity index (χ3v) is 9.66. The molecule has 0 aromatic heterocycles. The molecule has 17 nitrogen and oxygen atoms in total. The van der Waals surface area contributed by atoms with Crippen molar-refractivity contribution in [2.45, 2.75) is 140 Å². The molecule has 61 heavy (non-hydrogen) atoms. The number of carbonyl (C=O) groups excluding carboxylic acids is 2. The summed E-state index contributed by atoms with van der Waals surface area (Å²) >= 11 is 0. The standard InChI is InChI=1S/C42H50O16P2.H3N.15H2/c1-3-5-7-9-11-13-15-17-19-20-22-24-26-28-30-35(43)54-32-34(56-36(44)31-29-27-25-23-21-18-16-14-12-10-8-6-4-2)33-55-60(52,53)58-42-39(47)37(45)38(46)41(40(42)48)57-59(49,50)51;;;;;;;;;;;;;;;;/h1,34,37-42,45-48H,4,6,8,10,12,14,16,18,21,23,25,27,29,31-33H2,2H3,(H,52,53)(H2,49,50,51);1H3;15*1H/t34-,37-,38?,39-,40?,41+,42?;;;;;;;;;;;;;;;;/m1................/s1. The largest absolute Gasteiger partial charge is 0.472 e. The maximum atomic E-state index is 12.9. The molecule has 8 atom stereocenters. The average molecular weight is 920 g/mol. The second-order valence-corrected chi connectivity index (χ2v) is 15.6. The number of aliphatic hydroxyl groups excluding tert-OH is 4. The first kappa shape index (κ1) is 56.4. The molecule has 19 heteroatoms. The summed E-state index contributed by atoms with van der Waals surface area (Å²) in [5.41, 5.74) is 0. The van der Waals surface area contributed by atoms with Crippen LogP contribution in [0.2, 0.25) is 0 Å². The third-order valence-electron chi connectivity index (χ3n) is 8.15. The summed E-state index contributed by atoms with van der Waals surface area (Å²) in [5, 5.41) is 41.0. The molecule has 0 aromatic rings. The molecule has 4 unspecified atom stereocenters. The number of phosphoric ester groups is 2. The molecule has 1 aliphatic rings. The maximum Gasteiger partial charge on any atom is 0.472 e. The van der Waals surface area contributed by atoms with Crippen LogP contribution in [0, 0.1) is 95.2 Å². The summed E-state index contributed by atoms with van der Waals surface area (Å²) in [5.74, 6) is 32.8. The SMILES string of the molecule is C#CC#CC#CC#CC#CC#CC#CC#CC(=O)OC[C@H](COP(=O)(O)OC1C(O)[C@@H](OP(=O)(O)O)C(O)[C@@H](O)[C@H]1O)OC(=O)CCCCCCCCCCCCCCC.N.[HH].[HH].[HH].[HH].[HH].[HH].[HH].[HH].[HH].[HH].[HH].[HH].[HH].[HH].[HH]. The predicted octanol–water partition coefficient (Wildman–Crippen LogP) is 5.87. The number of hydrogen-bond donors (Lipinski definition) is 8. The molecule has 1 saturated carbocycles. The second kappa shape index (κ2) is 33.1. The Hall–Kier alpha value is -4.56. The van der Waals surface area contributed by atoms with E-state index in [0.29, 0.717) is 6.42 Å². The highest BCUT2D eigenvalue weighted by molar-refractivity contribution is 7.47. The number of phosphoric acid groups is 2. The normalized spacial score (nSPS) is 20.0. The lowest BCUT2D eigenvalue weighted by Crippen LogP contribution is -2.64. The van der Waals surface area contributed by atoms with Gasteiger partial charge in [0.2, 0.25) is 0 Å². The van der Waals surface area contributed by atoms with Crippen molar-refractivity contribution < 1.29 is 98.3 Å². The molecule has 10 N–H and O–H groups in total. The lowest BCUT2D eigenvalue weighted by molar-refractivity contribution is -0.216. The Balaban J connectivity index is -0.000000161. The van der Waals surface area contributed by atoms with Crippen LogP contribution < -0.4 is 6.15 Å². The van der Waals surface area contributed by atoms with Gasteiger partial charge in [0.1, 0.15) is 43.2 Å². The van der Waals surface area contributed by atoms with Crippen LogP contribution in [0.3, 0.4) is 0 Å². The Morgan fingerprint density at radius 1 is 0.607 bits per heavy atom. The van der Waals surface area contributed by atoms with Gasteiger partial charge in [0.25, 0.3) is 0 Å². The average Bonchev–Trinajstić information content (AvgIpc) is 3.20. The molecule has 362 valence electrons. The van der Waals surface area contributed by atoms with E-state index in [-0.39, 0.29) is 34.0 Å². The fraction of sp³-hybridized carbons (Fsp3) is 0.571. The van der Waals surface area contributed by atoms with Crippen molar-refractivity contribution in [1.29, 1.82) is 0 Å². The first-order valence-corrected chi connectivity index (χ1v) is 22.1. The van der Waals surface area contributed by atoms with Crippen LogP contribution in [-0.4, -0.2) is 103 Å². The highest BCUT2D eigenvalue weighted by Gasteiger charge is 2.54. The van der Waals surface area contributed by atoms with Gasteiger partial charge in [-0.3, -0.25) is 18.4 Å². The van der Waals surface area contributed by atoms with E-state index in [4.69, 9.17) is 34.7 Å². The van der Waals surface area contributed by atoms with E-state index in [1.165, 1.54) is 44.9 Å². The van der Waals surface area contributed by atoms with E-state index in [9.17, 15) is 44.0 Å². The minimum absolute atomic E-state index is 0. The van der Waals surface area contributed by atoms with E-state index < -0.39 is 83.5 Å². The molecular formula is C42H83NO16P2. The maximum absolute atomic E-state index is 12.9. The van der Waals surface area contributed by atoms with Crippen molar-refractivity contribution in [2.75, 3.05) is 13.2 Å². The summed E-state index contributed by atoms with van der Waals surface area (Å²) in [7, 11) is -10.8. The number of aliphatic hydroxyl groups is 4. The summed E-state index contributed by atoms with van der Waals surface area (Å²) in [6, 6.07) is 0. The Kier molecular flexibility index (Phi) is 30.6. The molecule has 1 fully saturated rings. The summed E-state index contributed by atoms with van der Waals surface area (Å²) in [6.07, 6.45) is 3.74. The molecule has 0 bridgehead atoms. The number of ether oxygens (including phenoxy) is 2. The van der Waals surface area contributed by atoms with E-state index in [1.807, 2.05) is 5.92 Å². The van der Waals surface area contributed by atoms with Crippen LogP contribution in [0.25, 0.3) is 0 Å². The molecule has 0 aromatic carbocycles. The highest BCUT2D eigenvalue weighted by atomic mass is 31.2. The molecular weight excluding hydrogens is 836 g/mol.